The van der Waals surface area contributed by atoms with Crippen LogP contribution in [0.5, 0.6) is 0 Å². The van der Waals surface area contributed by atoms with Crippen molar-refractivity contribution in [2.45, 2.75) is 38.9 Å². The van der Waals surface area contributed by atoms with Gasteiger partial charge in [0.15, 0.2) is 0 Å². The van der Waals surface area contributed by atoms with Crippen molar-refractivity contribution in [2.24, 2.45) is 0 Å². The van der Waals surface area contributed by atoms with Gasteiger partial charge in [-0.1, -0.05) is 0 Å². The topological polar surface area (TPSA) is 65.1 Å². The SMILES string of the molecule is COC(=O)C1(C)CN(C(=O)OC(C)(C)C)O1. The predicted molar refractivity (Wildman–Crippen MR) is 54.4 cm³/mol. The van der Waals surface area contributed by atoms with Crippen LogP contribution in [0.15, 0.2) is 0 Å². The quantitative estimate of drug-likeness (QED) is 0.632. The Labute approximate surface area is 94.4 Å². The molecule has 6 heteroatoms. The minimum absolute atomic E-state index is 0.134. The summed E-state index contributed by atoms with van der Waals surface area (Å²) in [6, 6.07) is 0. The minimum Gasteiger partial charge on any atom is -0.467 e. The number of hydrogen-bond acceptors (Lipinski definition) is 5. The normalized spacial score (nSPS) is 24.7. The number of hydroxylamine groups is 2. The highest BCUT2D eigenvalue weighted by Crippen LogP contribution is 2.28. The third kappa shape index (κ3) is 2.63. The molecule has 0 radical (unpaired) electrons. The number of rotatable bonds is 1. The van der Waals surface area contributed by atoms with Crippen molar-refractivity contribution in [3.63, 3.8) is 0 Å². The fourth-order valence-electron chi connectivity index (χ4n) is 1.24. The van der Waals surface area contributed by atoms with Crippen molar-refractivity contribution in [1.29, 1.82) is 0 Å². The number of carbonyl (C=O) groups is 2. The molecule has 16 heavy (non-hydrogen) atoms. The van der Waals surface area contributed by atoms with Crippen LogP contribution in [0.1, 0.15) is 27.7 Å². The molecule has 1 amide bonds. The molecule has 0 bridgehead atoms. The van der Waals surface area contributed by atoms with Gasteiger partial charge in [0.05, 0.1) is 13.7 Å². The molecule has 1 aliphatic rings. The van der Waals surface area contributed by atoms with E-state index in [0.717, 1.165) is 5.06 Å². The average molecular weight is 231 g/mol. The van der Waals surface area contributed by atoms with Crippen LogP contribution >= 0.6 is 0 Å². The molecule has 0 N–H and O–H groups in total. The summed E-state index contributed by atoms with van der Waals surface area (Å²) >= 11 is 0. The van der Waals surface area contributed by atoms with Gasteiger partial charge in [-0.25, -0.2) is 14.4 Å². The van der Waals surface area contributed by atoms with E-state index in [2.05, 4.69) is 4.74 Å². The first-order valence-corrected chi connectivity index (χ1v) is 4.96. The van der Waals surface area contributed by atoms with Crippen molar-refractivity contribution in [3.8, 4) is 0 Å². The van der Waals surface area contributed by atoms with Gasteiger partial charge in [0.2, 0.25) is 5.60 Å². The summed E-state index contributed by atoms with van der Waals surface area (Å²) in [5, 5.41) is 1.00. The highest BCUT2D eigenvalue weighted by atomic mass is 16.8. The summed E-state index contributed by atoms with van der Waals surface area (Å²) in [5.41, 5.74) is -1.66. The van der Waals surface area contributed by atoms with E-state index in [1.165, 1.54) is 7.11 Å². The fraction of sp³-hybridized carbons (Fsp3) is 0.800. The van der Waals surface area contributed by atoms with Crippen LogP contribution in [0.4, 0.5) is 4.79 Å². The van der Waals surface area contributed by atoms with Crippen LogP contribution in [0.2, 0.25) is 0 Å². The molecule has 6 nitrogen and oxygen atoms in total. The third-order valence-corrected chi connectivity index (χ3v) is 1.97. The van der Waals surface area contributed by atoms with E-state index >= 15 is 0 Å². The first kappa shape index (κ1) is 12.8. The molecule has 0 aliphatic carbocycles. The number of nitrogens with zero attached hydrogens (tertiary/aromatic N) is 1. The van der Waals surface area contributed by atoms with E-state index in [9.17, 15) is 9.59 Å². The van der Waals surface area contributed by atoms with Gasteiger partial charge in [0.25, 0.3) is 0 Å². The van der Waals surface area contributed by atoms with Crippen LogP contribution in [0.25, 0.3) is 0 Å². The van der Waals surface area contributed by atoms with Crippen LogP contribution < -0.4 is 0 Å². The monoisotopic (exact) mass is 231 g/mol. The summed E-state index contributed by atoms with van der Waals surface area (Å²) in [6.45, 7) is 6.95. The molecule has 1 rings (SSSR count). The predicted octanol–water partition coefficient (Wildman–Crippen LogP) is 1.10. The maximum atomic E-state index is 11.5. The van der Waals surface area contributed by atoms with E-state index in [1.54, 1.807) is 27.7 Å². The Balaban J connectivity index is 2.47. The van der Waals surface area contributed by atoms with Crippen molar-refractivity contribution in [1.82, 2.24) is 5.06 Å². The Hall–Kier alpha value is -1.30. The molecule has 0 aromatic carbocycles. The van der Waals surface area contributed by atoms with E-state index in [1.807, 2.05) is 0 Å². The maximum Gasteiger partial charge on any atom is 0.434 e. The summed E-state index contributed by atoms with van der Waals surface area (Å²) in [7, 11) is 1.27. The van der Waals surface area contributed by atoms with E-state index < -0.39 is 23.3 Å². The van der Waals surface area contributed by atoms with Crippen LogP contribution in [-0.2, 0) is 19.1 Å². The Bertz CT molecular complexity index is 301. The lowest BCUT2D eigenvalue weighted by Crippen LogP contribution is -2.64. The lowest BCUT2D eigenvalue weighted by Gasteiger charge is -2.43. The second kappa shape index (κ2) is 3.93. The van der Waals surface area contributed by atoms with Gasteiger partial charge >= 0.3 is 12.1 Å². The second-order valence-corrected chi connectivity index (χ2v) is 4.83. The van der Waals surface area contributed by atoms with Gasteiger partial charge in [0, 0.05) is 0 Å². The first-order valence-electron chi connectivity index (χ1n) is 4.96. The van der Waals surface area contributed by atoms with E-state index in [-0.39, 0.29) is 6.54 Å². The zero-order chi connectivity index (χ0) is 12.6. The van der Waals surface area contributed by atoms with Crippen LogP contribution in [0, 0.1) is 0 Å². The number of esters is 1. The summed E-state index contributed by atoms with van der Waals surface area (Å²) in [4.78, 5) is 27.8. The molecule has 1 atom stereocenters. The number of methoxy groups -OCH3 is 1. The minimum atomic E-state index is -1.08. The van der Waals surface area contributed by atoms with Crippen molar-refractivity contribution in [2.75, 3.05) is 13.7 Å². The third-order valence-electron chi connectivity index (χ3n) is 1.97. The van der Waals surface area contributed by atoms with Crippen molar-refractivity contribution in [3.05, 3.63) is 0 Å². The molecular weight excluding hydrogens is 214 g/mol. The van der Waals surface area contributed by atoms with E-state index in [4.69, 9.17) is 9.57 Å². The molecule has 1 fully saturated rings. The van der Waals surface area contributed by atoms with Gasteiger partial charge in [-0.3, -0.25) is 0 Å². The van der Waals surface area contributed by atoms with Crippen molar-refractivity contribution < 1.29 is 23.9 Å². The van der Waals surface area contributed by atoms with Crippen molar-refractivity contribution >= 4 is 12.1 Å². The number of hydrogen-bond donors (Lipinski definition) is 0. The molecule has 0 saturated carbocycles. The molecule has 0 spiro atoms. The lowest BCUT2D eigenvalue weighted by molar-refractivity contribution is -0.316. The molecule has 1 saturated heterocycles. The van der Waals surface area contributed by atoms with Crippen LogP contribution in [-0.4, -0.2) is 42.0 Å². The summed E-state index contributed by atoms with van der Waals surface area (Å²) in [5.74, 6) is -0.507. The average Bonchev–Trinajstić information content (AvgIpc) is 2.08. The highest BCUT2D eigenvalue weighted by molar-refractivity contribution is 5.82. The molecule has 92 valence electrons. The second-order valence-electron chi connectivity index (χ2n) is 4.83. The maximum absolute atomic E-state index is 11.5. The Morgan fingerprint density at radius 1 is 1.38 bits per heavy atom. The van der Waals surface area contributed by atoms with E-state index in [0.29, 0.717) is 0 Å². The Kier molecular flexibility index (Phi) is 3.14. The van der Waals surface area contributed by atoms with Gasteiger partial charge in [-0.05, 0) is 27.7 Å². The first-order chi connectivity index (χ1) is 7.18. The largest absolute Gasteiger partial charge is 0.467 e. The summed E-state index contributed by atoms with van der Waals surface area (Å²) < 4.78 is 9.60. The zero-order valence-corrected chi connectivity index (χ0v) is 10.2. The number of ether oxygens (including phenoxy) is 2. The summed E-state index contributed by atoms with van der Waals surface area (Å²) in [6.07, 6.45) is -0.603. The Morgan fingerprint density at radius 2 is 1.88 bits per heavy atom. The van der Waals surface area contributed by atoms with Gasteiger partial charge in [0.1, 0.15) is 5.60 Å². The fourth-order valence-corrected chi connectivity index (χ4v) is 1.24. The number of carbonyl (C=O) groups excluding carboxylic acids is 2. The van der Waals surface area contributed by atoms with Crippen LogP contribution in [0.3, 0.4) is 0 Å². The molecule has 1 unspecified atom stereocenters. The molecule has 0 aromatic rings. The Morgan fingerprint density at radius 3 is 2.25 bits per heavy atom. The van der Waals surface area contributed by atoms with Gasteiger partial charge in [-0.2, -0.15) is 5.06 Å². The smallest absolute Gasteiger partial charge is 0.434 e. The standard InChI is InChI=1S/C10H17NO5/c1-9(2,3)15-8(13)11-6-10(4,16-11)7(12)14-5/h6H2,1-5H3. The van der Waals surface area contributed by atoms with Gasteiger partial charge in [-0.15, -0.1) is 0 Å². The van der Waals surface area contributed by atoms with Gasteiger partial charge < -0.3 is 9.47 Å². The molecule has 0 aromatic heterocycles. The highest BCUT2D eigenvalue weighted by Gasteiger charge is 2.52. The lowest BCUT2D eigenvalue weighted by atomic mass is 10.1. The molecular formula is C10H17NO5. The number of amides is 1. The zero-order valence-electron chi connectivity index (χ0n) is 10.2. The molecule has 1 heterocycles. The molecule has 1 aliphatic heterocycles.